The number of aliphatic hydroxyl groups is 1. The van der Waals surface area contributed by atoms with E-state index in [1.807, 2.05) is 31.2 Å². The highest BCUT2D eigenvalue weighted by Crippen LogP contribution is 2.31. The first kappa shape index (κ1) is 19.5. The van der Waals surface area contributed by atoms with Gasteiger partial charge in [-0.2, -0.15) is 0 Å². The zero-order valence-electron chi connectivity index (χ0n) is 15.4. The summed E-state index contributed by atoms with van der Waals surface area (Å²) < 4.78 is 13.2. The molecule has 0 saturated carbocycles. The van der Waals surface area contributed by atoms with Crippen LogP contribution in [-0.4, -0.2) is 10.0 Å². The van der Waals surface area contributed by atoms with Crippen molar-refractivity contribution in [2.75, 3.05) is 5.32 Å². The molecule has 3 aromatic rings. The second-order valence-electron chi connectivity index (χ2n) is 6.72. The number of aliphatic hydroxyl groups excluding tert-OH is 1. The molecule has 0 fully saturated rings. The molecule has 2 unspecified atom stereocenters. The monoisotopic (exact) mass is 380 g/mol. The third-order valence-corrected chi connectivity index (χ3v) is 4.59. The van der Waals surface area contributed by atoms with Crippen LogP contribution in [0.25, 0.3) is 0 Å². The molecule has 0 aromatic heterocycles. The number of hydrogen-bond donors (Lipinski definition) is 2. The first-order valence-electron chi connectivity index (χ1n) is 8.93. The van der Waals surface area contributed by atoms with E-state index in [4.69, 9.17) is 0 Å². The third-order valence-electron chi connectivity index (χ3n) is 4.59. The summed E-state index contributed by atoms with van der Waals surface area (Å²) in [5.41, 5.74) is 3.24. The number of aryl methyl sites for hydroxylation is 1. The summed E-state index contributed by atoms with van der Waals surface area (Å²) in [7, 11) is 0. The quantitative estimate of drug-likeness (QED) is 0.430. The van der Waals surface area contributed by atoms with Crippen LogP contribution >= 0.6 is 0 Å². The van der Waals surface area contributed by atoms with Crippen LogP contribution in [0.15, 0.2) is 72.8 Å². The van der Waals surface area contributed by atoms with Crippen LogP contribution in [0.2, 0.25) is 0 Å². The Morgan fingerprint density at radius 1 is 1.04 bits per heavy atom. The Balaban J connectivity index is 1.86. The minimum absolute atomic E-state index is 0.00765. The van der Waals surface area contributed by atoms with Crippen molar-refractivity contribution in [3.05, 3.63) is 105 Å². The predicted molar refractivity (Wildman–Crippen MR) is 107 cm³/mol. The van der Waals surface area contributed by atoms with Gasteiger partial charge in [0.15, 0.2) is 0 Å². The Bertz CT molecular complexity index is 943. The van der Waals surface area contributed by atoms with Gasteiger partial charge in [0.25, 0.3) is 5.69 Å². The minimum atomic E-state index is -0.821. The van der Waals surface area contributed by atoms with Gasteiger partial charge >= 0.3 is 0 Å². The molecule has 0 radical (unpaired) electrons. The molecule has 0 aliphatic carbocycles. The van der Waals surface area contributed by atoms with E-state index in [2.05, 4.69) is 5.32 Å². The highest BCUT2D eigenvalue weighted by Gasteiger charge is 2.19. The summed E-state index contributed by atoms with van der Waals surface area (Å²) >= 11 is 0. The summed E-state index contributed by atoms with van der Waals surface area (Å²) in [5.74, 6) is -0.360. The zero-order chi connectivity index (χ0) is 20.1. The molecule has 2 N–H and O–H groups in total. The van der Waals surface area contributed by atoms with Gasteiger partial charge in [0.05, 0.1) is 17.1 Å². The number of halogens is 1. The first-order chi connectivity index (χ1) is 13.4. The molecule has 0 spiro atoms. The number of hydrogen-bond acceptors (Lipinski definition) is 4. The van der Waals surface area contributed by atoms with E-state index < -0.39 is 11.0 Å². The Hall–Kier alpha value is -3.25. The van der Waals surface area contributed by atoms with Crippen molar-refractivity contribution in [1.29, 1.82) is 0 Å². The molecule has 0 aliphatic rings. The lowest BCUT2D eigenvalue weighted by Crippen LogP contribution is -2.15. The van der Waals surface area contributed by atoms with Gasteiger partial charge in [-0.25, -0.2) is 4.39 Å². The molecule has 28 heavy (non-hydrogen) atoms. The Morgan fingerprint density at radius 3 is 2.32 bits per heavy atom. The topological polar surface area (TPSA) is 75.4 Å². The van der Waals surface area contributed by atoms with E-state index in [0.29, 0.717) is 17.7 Å². The molecule has 2 atom stereocenters. The van der Waals surface area contributed by atoms with E-state index in [1.54, 1.807) is 24.3 Å². The van der Waals surface area contributed by atoms with Gasteiger partial charge < -0.3 is 10.4 Å². The lowest BCUT2D eigenvalue weighted by atomic mass is 9.95. The highest BCUT2D eigenvalue weighted by atomic mass is 19.1. The average Bonchev–Trinajstić information content (AvgIpc) is 2.68. The van der Waals surface area contributed by atoms with Crippen molar-refractivity contribution in [3.8, 4) is 0 Å². The Labute approximate surface area is 162 Å². The van der Waals surface area contributed by atoms with Gasteiger partial charge in [0.1, 0.15) is 5.82 Å². The van der Waals surface area contributed by atoms with Crippen LogP contribution in [0, 0.1) is 22.9 Å². The fraction of sp³-hybridized carbons (Fsp3) is 0.182. The molecule has 0 bridgehead atoms. The maximum atomic E-state index is 13.2. The molecule has 0 amide bonds. The van der Waals surface area contributed by atoms with E-state index in [9.17, 15) is 19.6 Å². The number of nitro benzene ring substituents is 1. The van der Waals surface area contributed by atoms with Crippen molar-refractivity contribution in [3.63, 3.8) is 0 Å². The fourth-order valence-corrected chi connectivity index (χ4v) is 3.03. The molecule has 144 valence electrons. The predicted octanol–water partition coefficient (Wildman–Crippen LogP) is 5.32. The van der Waals surface area contributed by atoms with Gasteiger partial charge in [-0.1, -0.05) is 48.0 Å². The van der Waals surface area contributed by atoms with Gasteiger partial charge in [-0.05, 0) is 36.2 Å². The molecule has 0 aliphatic heterocycles. The molecule has 0 saturated heterocycles. The summed E-state index contributed by atoms with van der Waals surface area (Å²) in [5, 5.41) is 25.0. The fourth-order valence-electron chi connectivity index (χ4n) is 3.03. The van der Waals surface area contributed by atoms with Gasteiger partial charge in [0, 0.05) is 24.2 Å². The summed E-state index contributed by atoms with van der Waals surface area (Å²) in [6, 6.07) is 19.6. The number of anilines is 1. The molecular weight excluding hydrogens is 359 g/mol. The third kappa shape index (κ3) is 4.92. The van der Waals surface area contributed by atoms with Crippen molar-refractivity contribution in [2.24, 2.45) is 0 Å². The van der Waals surface area contributed by atoms with Gasteiger partial charge in [-0.3, -0.25) is 10.1 Å². The van der Waals surface area contributed by atoms with Crippen molar-refractivity contribution < 1.29 is 14.4 Å². The van der Waals surface area contributed by atoms with Crippen LogP contribution in [0.5, 0.6) is 0 Å². The van der Waals surface area contributed by atoms with E-state index in [-0.39, 0.29) is 17.5 Å². The maximum absolute atomic E-state index is 13.2. The second kappa shape index (κ2) is 8.63. The number of rotatable bonds is 7. The largest absolute Gasteiger partial charge is 0.388 e. The summed E-state index contributed by atoms with van der Waals surface area (Å²) in [6.45, 7) is 1.99. The molecule has 5 nitrogen and oxygen atoms in total. The van der Waals surface area contributed by atoms with Crippen LogP contribution in [0.1, 0.15) is 35.3 Å². The molecule has 3 aromatic carbocycles. The Kier molecular flexibility index (Phi) is 6.01. The van der Waals surface area contributed by atoms with Crippen LogP contribution in [0.4, 0.5) is 15.8 Å². The van der Waals surface area contributed by atoms with Gasteiger partial charge in [0.2, 0.25) is 0 Å². The average molecular weight is 380 g/mol. The van der Waals surface area contributed by atoms with Gasteiger partial charge in [-0.15, -0.1) is 0 Å². The minimum Gasteiger partial charge on any atom is -0.388 e. The number of nitro groups is 1. The van der Waals surface area contributed by atoms with E-state index >= 15 is 0 Å². The molecule has 6 heteroatoms. The van der Waals surface area contributed by atoms with Crippen molar-refractivity contribution in [1.82, 2.24) is 0 Å². The normalized spacial score (nSPS) is 13.0. The molecule has 3 rings (SSSR count). The number of non-ortho nitro benzene ring substituents is 1. The van der Waals surface area contributed by atoms with E-state index in [1.165, 1.54) is 24.3 Å². The highest BCUT2D eigenvalue weighted by molar-refractivity contribution is 5.52. The molecular formula is C22H21FN2O3. The van der Waals surface area contributed by atoms with Crippen LogP contribution in [-0.2, 0) is 0 Å². The summed E-state index contributed by atoms with van der Waals surface area (Å²) in [6.07, 6.45) is -0.504. The standard InChI is InChI=1S/C22H21FN2O3/c1-15-5-7-16(8-6-15)21(14-22(26)17-9-11-18(23)12-10-17)24-19-3-2-4-20(13-19)25(27)28/h2-13,21-22,24,26H,14H2,1H3. The SMILES string of the molecule is Cc1ccc(C(CC(O)c2ccc(F)cc2)Nc2cccc([N+](=O)[O-])c2)cc1. The zero-order valence-corrected chi connectivity index (χ0v) is 15.4. The lowest BCUT2D eigenvalue weighted by Gasteiger charge is -2.24. The first-order valence-corrected chi connectivity index (χ1v) is 8.93. The van der Waals surface area contributed by atoms with Crippen molar-refractivity contribution in [2.45, 2.75) is 25.5 Å². The number of nitrogens with zero attached hydrogens (tertiary/aromatic N) is 1. The second-order valence-corrected chi connectivity index (χ2v) is 6.72. The van der Waals surface area contributed by atoms with Crippen LogP contribution in [0.3, 0.4) is 0 Å². The lowest BCUT2D eigenvalue weighted by molar-refractivity contribution is -0.384. The Morgan fingerprint density at radius 2 is 1.68 bits per heavy atom. The smallest absolute Gasteiger partial charge is 0.271 e. The maximum Gasteiger partial charge on any atom is 0.271 e. The number of nitrogens with one attached hydrogen (secondary N) is 1. The summed E-state index contributed by atoms with van der Waals surface area (Å²) in [4.78, 5) is 10.6. The van der Waals surface area contributed by atoms with Crippen molar-refractivity contribution >= 4 is 11.4 Å². The number of benzene rings is 3. The van der Waals surface area contributed by atoms with E-state index in [0.717, 1.165) is 11.1 Å². The molecule has 0 heterocycles. The van der Waals surface area contributed by atoms with Crippen LogP contribution < -0.4 is 5.32 Å².